The van der Waals surface area contributed by atoms with Gasteiger partial charge in [0.05, 0.1) is 39.6 Å². The number of rotatable bonds is 19. The third kappa shape index (κ3) is 13.9. The van der Waals surface area contributed by atoms with Crippen molar-refractivity contribution < 1.29 is 143 Å². The SMILES string of the molecule is C/C=C1/[C@H](O[C@@H]2O[C@H](CO)[C@@H](O)[C@H](O)[C@H]2O)OC=C(C(=O)OC)[C@H]1O[C@@H]1[C@@H](O)[C@H](C)O[C@@H](O[C@@H]2[C@@H](O)[C@H](OCCc3ccc(O)c(O)c3)O[C@H](CO[C@@H]3O[C@H](CO)[C@@H](O)[C@H](O)[C@H]3O)[C@H]2OC(=O)/C=C/c2ccc(O)c(O)c2)[C@@H]1O. The molecule has 7 rings (SSSR count). The lowest BCUT2D eigenvalue weighted by Gasteiger charge is -2.48. The van der Waals surface area contributed by atoms with Gasteiger partial charge in [-0.1, -0.05) is 18.2 Å². The molecule has 0 unspecified atom stereocenters. The largest absolute Gasteiger partial charge is 0.504 e. The summed E-state index contributed by atoms with van der Waals surface area (Å²) < 4.78 is 69.9. The summed E-state index contributed by atoms with van der Waals surface area (Å²) in [5.74, 6) is -4.06. The monoisotopic (exact) mass is 1130 g/mol. The molecule has 15 N–H and O–H groups in total. The Balaban J connectivity index is 1.21. The zero-order chi connectivity index (χ0) is 57.6. The van der Waals surface area contributed by atoms with Crippen LogP contribution in [0.15, 0.2) is 66.0 Å². The number of phenolic OH excluding ortho intramolecular Hbond substituents is 4. The van der Waals surface area contributed by atoms with E-state index < -0.39 is 190 Å². The maximum atomic E-state index is 13.8. The molecule has 0 saturated carbocycles. The van der Waals surface area contributed by atoms with E-state index in [0.29, 0.717) is 5.56 Å². The third-order valence-electron chi connectivity index (χ3n) is 13.7. The van der Waals surface area contributed by atoms with Crippen LogP contribution in [0.1, 0.15) is 25.0 Å². The second kappa shape index (κ2) is 27.0. The van der Waals surface area contributed by atoms with Gasteiger partial charge in [-0.3, -0.25) is 0 Å². The van der Waals surface area contributed by atoms with Crippen LogP contribution in [0.25, 0.3) is 6.08 Å². The second-order valence-electron chi connectivity index (χ2n) is 18.9. The first-order chi connectivity index (χ1) is 37.6. The molecule has 29 heteroatoms. The second-order valence-corrected chi connectivity index (χ2v) is 18.9. The smallest absolute Gasteiger partial charge is 0.339 e. The molecule has 0 amide bonds. The lowest BCUT2D eigenvalue weighted by molar-refractivity contribution is -0.366. The van der Waals surface area contributed by atoms with Gasteiger partial charge in [0.2, 0.25) is 6.29 Å². The summed E-state index contributed by atoms with van der Waals surface area (Å²) in [5.41, 5.74) is 0.185. The minimum absolute atomic E-state index is 0.0176. The van der Waals surface area contributed by atoms with E-state index in [1.807, 2.05) is 0 Å². The van der Waals surface area contributed by atoms with Crippen molar-refractivity contribution in [1.82, 2.24) is 0 Å². The normalized spacial score (nSPS) is 38.5. The topological polar surface area (TPSA) is 448 Å². The lowest BCUT2D eigenvalue weighted by atomic mass is 9.95. The number of methoxy groups -OCH3 is 1. The number of aromatic hydroxyl groups is 4. The maximum absolute atomic E-state index is 13.8. The molecule has 5 heterocycles. The summed E-state index contributed by atoms with van der Waals surface area (Å²) in [6.45, 7) is 0.0567. The van der Waals surface area contributed by atoms with Gasteiger partial charge in [-0.15, -0.1) is 0 Å². The number of ether oxygens (including phenoxy) is 12. The number of aliphatic hydroxyl groups is 11. The lowest BCUT2D eigenvalue weighted by Crippen LogP contribution is -2.66. The van der Waals surface area contributed by atoms with Gasteiger partial charge in [0.1, 0.15) is 103 Å². The fourth-order valence-electron chi connectivity index (χ4n) is 9.14. The first-order valence-corrected chi connectivity index (χ1v) is 24.8. The number of esters is 2. The van der Waals surface area contributed by atoms with Gasteiger partial charge in [-0.05, 0) is 61.7 Å². The first-order valence-electron chi connectivity index (χ1n) is 24.8. The Bertz CT molecular complexity index is 2450. The van der Waals surface area contributed by atoms with Crippen molar-refractivity contribution in [3.63, 3.8) is 0 Å². The summed E-state index contributed by atoms with van der Waals surface area (Å²) in [6.07, 6.45) is -35.0. The van der Waals surface area contributed by atoms with Crippen LogP contribution < -0.4 is 0 Å². The van der Waals surface area contributed by atoms with E-state index in [1.54, 1.807) is 0 Å². The molecule has 0 radical (unpaired) electrons. The fraction of sp³-hybridized carbons (Fsp3) is 0.600. The first kappa shape index (κ1) is 61.4. The number of benzene rings is 2. The number of aliphatic hydroxyl groups excluding tert-OH is 11. The Morgan fingerprint density at radius 1 is 0.608 bits per heavy atom. The van der Waals surface area contributed by atoms with E-state index in [2.05, 4.69) is 0 Å². The third-order valence-corrected chi connectivity index (χ3v) is 13.7. The minimum Gasteiger partial charge on any atom is -0.504 e. The van der Waals surface area contributed by atoms with Crippen molar-refractivity contribution >= 4 is 18.0 Å². The summed E-state index contributed by atoms with van der Waals surface area (Å²) >= 11 is 0. The van der Waals surface area contributed by atoms with E-state index in [9.17, 15) is 86.2 Å². The van der Waals surface area contributed by atoms with Crippen molar-refractivity contribution in [3.8, 4) is 23.0 Å². The maximum Gasteiger partial charge on any atom is 0.339 e. The summed E-state index contributed by atoms with van der Waals surface area (Å²) in [5, 5.41) is 159. The number of allylic oxidation sites excluding steroid dienone is 1. The molecule has 29 nitrogen and oxygen atoms in total. The zero-order valence-corrected chi connectivity index (χ0v) is 42.4. The van der Waals surface area contributed by atoms with Gasteiger partial charge in [0, 0.05) is 11.6 Å². The molecule has 0 aromatic heterocycles. The van der Waals surface area contributed by atoms with Crippen molar-refractivity contribution in [2.75, 3.05) is 33.5 Å². The van der Waals surface area contributed by atoms with Crippen molar-refractivity contribution in [2.45, 2.75) is 155 Å². The van der Waals surface area contributed by atoms with E-state index in [-0.39, 0.29) is 29.7 Å². The predicted octanol–water partition coefficient (Wildman–Crippen LogP) is -4.62. The number of phenols is 4. The minimum atomic E-state index is -2.13. The molecule has 2 aromatic rings. The molecular weight excluding hydrogens is 1060 g/mol. The van der Waals surface area contributed by atoms with Crippen LogP contribution in [0.5, 0.6) is 23.0 Å². The molecular formula is C50H66O29. The number of hydrogen-bond acceptors (Lipinski definition) is 29. The number of carbonyl (C=O) groups excluding carboxylic acids is 2. The van der Waals surface area contributed by atoms with Crippen LogP contribution in [0.2, 0.25) is 0 Å². The molecule has 0 aliphatic carbocycles. The highest BCUT2D eigenvalue weighted by molar-refractivity contribution is 5.90. The molecule has 0 bridgehead atoms. The highest BCUT2D eigenvalue weighted by Crippen LogP contribution is 2.38. The number of carbonyl (C=O) groups is 2. The van der Waals surface area contributed by atoms with Crippen LogP contribution in [-0.4, -0.2) is 257 Å². The standard InChI is InChI=1S/C50H66O29/c1-4-22-41(23(45(67)68-3)17-70-46(22)79-49-38(64)36(62)34(60)29(16-52)74-49)77-43-32(58)19(2)72-50(39(43)65)78-44-40(66)48(69-12-11-21-6-9-25(54)27(56)14-21)75-30(18-71-47-37(63)35(61)33(59)28(15-51)73-47)42(44)76-31(57)10-7-20-5-8-24(53)26(55)13-20/h4-10,13-14,17,19,28-30,32-44,46-56,58-66H,11-12,15-16,18H2,1-3H3/b10-7+,22-4+/t19-,28+,29+,30+,32-,33+,34+,35-,36-,37+,38+,39+,40+,41-,42+,43+,44+,46-,47+,48+,49-,50-/m0/s1. The van der Waals surface area contributed by atoms with E-state index >= 15 is 0 Å². The van der Waals surface area contributed by atoms with Crippen LogP contribution in [-0.2, 0) is 72.9 Å². The molecule has 79 heavy (non-hydrogen) atoms. The Morgan fingerprint density at radius 2 is 1.19 bits per heavy atom. The van der Waals surface area contributed by atoms with E-state index in [0.717, 1.165) is 31.6 Å². The van der Waals surface area contributed by atoms with Gasteiger partial charge in [-0.2, -0.15) is 0 Å². The predicted molar refractivity (Wildman–Crippen MR) is 256 cm³/mol. The average Bonchev–Trinajstić information content (AvgIpc) is 3.48. The molecule has 2 aromatic carbocycles. The van der Waals surface area contributed by atoms with Gasteiger partial charge in [0.25, 0.3) is 0 Å². The Kier molecular flexibility index (Phi) is 21.0. The Labute approximate surface area is 449 Å². The summed E-state index contributed by atoms with van der Waals surface area (Å²) in [6, 6.07) is 7.53. The molecule has 4 saturated heterocycles. The van der Waals surface area contributed by atoms with Gasteiger partial charge < -0.3 is 133 Å². The molecule has 22 atom stereocenters. The number of hydrogen-bond donors (Lipinski definition) is 15. The van der Waals surface area contributed by atoms with Crippen LogP contribution >= 0.6 is 0 Å². The van der Waals surface area contributed by atoms with Crippen molar-refractivity contribution in [3.05, 3.63) is 77.1 Å². The highest BCUT2D eigenvalue weighted by atomic mass is 16.8. The zero-order valence-electron chi connectivity index (χ0n) is 42.4. The molecule has 0 spiro atoms. The Morgan fingerprint density at radius 3 is 1.81 bits per heavy atom. The van der Waals surface area contributed by atoms with Crippen LogP contribution in [0, 0.1) is 0 Å². The fourth-order valence-corrected chi connectivity index (χ4v) is 9.14. The van der Waals surface area contributed by atoms with E-state index in [4.69, 9.17) is 56.8 Å². The summed E-state index contributed by atoms with van der Waals surface area (Å²) in [4.78, 5) is 27.1. The van der Waals surface area contributed by atoms with Crippen molar-refractivity contribution in [2.24, 2.45) is 0 Å². The Hall–Kier alpha value is -5.20. The molecule has 5 aliphatic rings. The van der Waals surface area contributed by atoms with Gasteiger partial charge in [-0.25, -0.2) is 9.59 Å². The summed E-state index contributed by atoms with van der Waals surface area (Å²) in [7, 11) is 1.03. The molecule has 440 valence electrons. The average molecular weight is 1130 g/mol. The van der Waals surface area contributed by atoms with Gasteiger partial charge >= 0.3 is 11.9 Å². The van der Waals surface area contributed by atoms with Crippen LogP contribution in [0.4, 0.5) is 0 Å². The molecule has 4 fully saturated rings. The quantitative estimate of drug-likeness (QED) is 0.0272. The van der Waals surface area contributed by atoms with Crippen molar-refractivity contribution in [1.29, 1.82) is 0 Å². The van der Waals surface area contributed by atoms with E-state index in [1.165, 1.54) is 50.3 Å². The van der Waals surface area contributed by atoms with Crippen LogP contribution in [0.3, 0.4) is 0 Å². The molecule has 5 aliphatic heterocycles. The highest BCUT2D eigenvalue weighted by Gasteiger charge is 2.55. The van der Waals surface area contributed by atoms with Gasteiger partial charge in [0.15, 0.2) is 54.3 Å².